The minimum Gasteiger partial charge on any atom is -0.383 e. The van der Waals surface area contributed by atoms with Gasteiger partial charge in [0.25, 0.3) is 0 Å². The summed E-state index contributed by atoms with van der Waals surface area (Å²) in [7, 11) is 0. The van der Waals surface area contributed by atoms with Gasteiger partial charge in [-0.2, -0.15) is 0 Å². The zero-order valence-electron chi connectivity index (χ0n) is 12.5. The van der Waals surface area contributed by atoms with Gasteiger partial charge in [-0.25, -0.2) is 14.8 Å². The number of fused-ring (bicyclic) bond motifs is 3. The minimum absolute atomic E-state index is 0.499. The first-order valence-corrected chi connectivity index (χ1v) is 7.19. The second kappa shape index (κ2) is 4.82. The number of aryl methyl sites for hydroxylation is 1. The molecule has 0 amide bonds. The third-order valence-electron chi connectivity index (χ3n) is 3.93. The van der Waals surface area contributed by atoms with Crippen LogP contribution in [-0.4, -0.2) is 14.5 Å². The molecule has 0 radical (unpaired) electrons. The van der Waals surface area contributed by atoms with Crippen LogP contribution in [0.25, 0.3) is 32.3 Å². The molecular formula is C18H13N5. The second-order valence-electron chi connectivity index (χ2n) is 5.36. The molecule has 4 rings (SSSR count). The zero-order chi connectivity index (χ0) is 16.0. The van der Waals surface area contributed by atoms with E-state index < -0.39 is 0 Å². The van der Waals surface area contributed by atoms with E-state index in [2.05, 4.69) is 19.4 Å². The topological polar surface area (TPSA) is 61.1 Å². The van der Waals surface area contributed by atoms with Crippen LogP contribution in [-0.2, 0) is 0 Å². The van der Waals surface area contributed by atoms with Crippen molar-refractivity contribution in [1.29, 1.82) is 0 Å². The maximum Gasteiger partial charge on any atom is 0.187 e. The Morgan fingerprint density at radius 1 is 1.04 bits per heavy atom. The molecule has 4 aromatic rings. The van der Waals surface area contributed by atoms with Gasteiger partial charge in [0, 0.05) is 17.3 Å². The SMILES string of the molecule is [C-]#[N+]c1ccc(-n2ccc3c4c(N)nc(C)nc4ccc32)cc1. The largest absolute Gasteiger partial charge is 0.383 e. The van der Waals surface area contributed by atoms with Gasteiger partial charge in [-0.05, 0) is 37.3 Å². The van der Waals surface area contributed by atoms with Crippen LogP contribution in [0.5, 0.6) is 0 Å². The number of nitrogens with two attached hydrogens (primary N) is 1. The Morgan fingerprint density at radius 2 is 1.83 bits per heavy atom. The summed E-state index contributed by atoms with van der Waals surface area (Å²) in [6, 6.07) is 13.5. The lowest BCUT2D eigenvalue weighted by Gasteiger charge is -2.08. The number of nitrogen functional groups attached to an aromatic ring is 1. The Kier molecular flexibility index (Phi) is 2.78. The van der Waals surface area contributed by atoms with E-state index in [4.69, 9.17) is 12.3 Å². The number of hydrogen-bond acceptors (Lipinski definition) is 3. The van der Waals surface area contributed by atoms with Crippen molar-refractivity contribution in [2.45, 2.75) is 6.92 Å². The van der Waals surface area contributed by atoms with E-state index in [1.54, 1.807) is 0 Å². The van der Waals surface area contributed by atoms with Gasteiger partial charge in [-0.15, -0.1) is 0 Å². The monoisotopic (exact) mass is 299 g/mol. The first kappa shape index (κ1) is 13.3. The summed E-state index contributed by atoms with van der Waals surface area (Å²) in [6.07, 6.45) is 2.00. The summed E-state index contributed by atoms with van der Waals surface area (Å²) in [5.41, 5.74) is 9.63. The van der Waals surface area contributed by atoms with Gasteiger partial charge in [-0.1, -0.05) is 12.1 Å². The molecule has 0 fully saturated rings. The van der Waals surface area contributed by atoms with Gasteiger partial charge in [0.15, 0.2) is 5.69 Å². The van der Waals surface area contributed by atoms with Crippen LogP contribution < -0.4 is 5.73 Å². The molecule has 2 aromatic heterocycles. The van der Waals surface area contributed by atoms with Crippen molar-refractivity contribution in [1.82, 2.24) is 14.5 Å². The van der Waals surface area contributed by atoms with E-state index in [9.17, 15) is 0 Å². The molecular weight excluding hydrogens is 286 g/mol. The molecule has 0 aliphatic rings. The standard InChI is InChI=1S/C18H13N5/c1-11-21-15-7-8-16-14(17(15)18(19)22-11)9-10-23(16)13-5-3-12(20-2)4-6-13/h3-10H,1H3,(H2,19,21,22). The highest BCUT2D eigenvalue weighted by Gasteiger charge is 2.11. The molecule has 0 saturated carbocycles. The average molecular weight is 299 g/mol. The maximum absolute atomic E-state index is 7.04. The molecule has 0 saturated heterocycles. The fraction of sp³-hybridized carbons (Fsp3) is 0.0556. The van der Waals surface area contributed by atoms with Crippen molar-refractivity contribution in [3.8, 4) is 5.69 Å². The van der Waals surface area contributed by atoms with Gasteiger partial charge in [0.2, 0.25) is 0 Å². The highest BCUT2D eigenvalue weighted by atomic mass is 15.0. The molecule has 0 bridgehead atoms. The smallest absolute Gasteiger partial charge is 0.187 e. The summed E-state index contributed by atoms with van der Waals surface area (Å²) in [4.78, 5) is 12.2. The second-order valence-corrected chi connectivity index (χ2v) is 5.36. The van der Waals surface area contributed by atoms with E-state index in [0.29, 0.717) is 17.3 Å². The molecule has 0 atom stereocenters. The molecule has 5 nitrogen and oxygen atoms in total. The molecule has 23 heavy (non-hydrogen) atoms. The number of nitrogens with zero attached hydrogens (tertiary/aromatic N) is 4. The Hall–Kier alpha value is -3.39. The van der Waals surface area contributed by atoms with Gasteiger partial charge in [-0.3, -0.25) is 0 Å². The maximum atomic E-state index is 7.04. The third kappa shape index (κ3) is 2.00. The molecule has 2 aromatic carbocycles. The molecule has 2 N–H and O–H groups in total. The van der Waals surface area contributed by atoms with Crippen LogP contribution in [0.4, 0.5) is 11.5 Å². The van der Waals surface area contributed by atoms with E-state index >= 15 is 0 Å². The Balaban J connectivity index is 2.00. The molecule has 0 aliphatic carbocycles. The van der Waals surface area contributed by atoms with Gasteiger partial charge < -0.3 is 10.3 Å². The van der Waals surface area contributed by atoms with E-state index in [1.807, 2.05) is 55.6 Å². The van der Waals surface area contributed by atoms with Gasteiger partial charge >= 0.3 is 0 Å². The van der Waals surface area contributed by atoms with E-state index in [1.165, 1.54) is 0 Å². The Bertz CT molecular complexity index is 1080. The zero-order valence-corrected chi connectivity index (χ0v) is 12.5. The number of hydrogen-bond donors (Lipinski definition) is 1. The molecule has 5 heteroatoms. The summed E-state index contributed by atoms with van der Waals surface area (Å²) in [6.45, 7) is 8.88. The Morgan fingerprint density at radius 3 is 2.57 bits per heavy atom. The predicted molar refractivity (Wildman–Crippen MR) is 91.8 cm³/mol. The number of benzene rings is 2. The van der Waals surface area contributed by atoms with Crippen molar-refractivity contribution in [2.24, 2.45) is 0 Å². The van der Waals surface area contributed by atoms with Crippen LogP contribution in [0.1, 0.15) is 5.82 Å². The van der Waals surface area contributed by atoms with E-state index in [-0.39, 0.29) is 0 Å². The van der Waals surface area contributed by atoms with Crippen molar-refractivity contribution in [3.63, 3.8) is 0 Å². The first-order valence-electron chi connectivity index (χ1n) is 7.19. The Labute approximate surface area is 132 Å². The predicted octanol–water partition coefficient (Wildman–Crippen LogP) is 4.02. The summed E-state index contributed by atoms with van der Waals surface area (Å²) >= 11 is 0. The molecule has 0 unspecified atom stereocenters. The fourth-order valence-corrected chi connectivity index (χ4v) is 2.91. The summed E-state index contributed by atoms with van der Waals surface area (Å²) in [5.74, 6) is 1.17. The molecule has 0 aliphatic heterocycles. The average Bonchev–Trinajstić information content (AvgIpc) is 2.98. The minimum atomic E-state index is 0.499. The van der Waals surface area contributed by atoms with Crippen LogP contribution >= 0.6 is 0 Å². The first-order chi connectivity index (χ1) is 11.2. The van der Waals surface area contributed by atoms with Crippen molar-refractivity contribution in [2.75, 3.05) is 5.73 Å². The molecule has 0 spiro atoms. The quantitative estimate of drug-likeness (QED) is 0.540. The fourth-order valence-electron chi connectivity index (χ4n) is 2.91. The highest BCUT2D eigenvalue weighted by Crippen LogP contribution is 2.30. The normalized spacial score (nSPS) is 11.0. The molecule has 110 valence electrons. The van der Waals surface area contributed by atoms with Crippen LogP contribution in [0.2, 0.25) is 0 Å². The number of rotatable bonds is 1. The lowest BCUT2D eigenvalue weighted by Crippen LogP contribution is -1.98. The number of aromatic nitrogens is 3. The highest BCUT2D eigenvalue weighted by molar-refractivity contribution is 6.10. The third-order valence-corrected chi connectivity index (χ3v) is 3.93. The van der Waals surface area contributed by atoms with Crippen LogP contribution in [0.3, 0.4) is 0 Å². The number of anilines is 1. The van der Waals surface area contributed by atoms with Crippen molar-refractivity contribution >= 4 is 33.3 Å². The summed E-state index contributed by atoms with van der Waals surface area (Å²) < 4.78 is 2.07. The van der Waals surface area contributed by atoms with Gasteiger partial charge in [0.1, 0.15) is 11.6 Å². The van der Waals surface area contributed by atoms with E-state index in [0.717, 1.165) is 27.5 Å². The lowest BCUT2D eigenvalue weighted by atomic mass is 10.1. The summed E-state index contributed by atoms with van der Waals surface area (Å²) in [5, 5.41) is 1.90. The van der Waals surface area contributed by atoms with Crippen molar-refractivity contribution < 1.29 is 0 Å². The lowest BCUT2D eigenvalue weighted by molar-refractivity contribution is 1.10. The van der Waals surface area contributed by atoms with Gasteiger partial charge in [0.05, 0.1) is 23.0 Å². The molecule has 2 heterocycles. The van der Waals surface area contributed by atoms with Crippen LogP contribution in [0.15, 0.2) is 48.7 Å². The van der Waals surface area contributed by atoms with Crippen LogP contribution in [0, 0.1) is 13.5 Å². The van der Waals surface area contributed by atoms with Crippen molar-refractivity contribution in [3.05, 3.63) is 65.9 Å².